The molecule has 0 aliphatic rings. The Bertz CT molecular complexity index is 2820. The number of hydrogen-bond donors (Lipinski definition) is 0. The quantitative estimate of drug-likeness (QED) is 0.123. The van der Waals surface area contributed by atoms with Crippen LogP contribution in [0.4, 0.5) is 0 Å². The second-order valence-electron chi connectivity index (χ2n) is 16.5. The molecule has 9 aromatic rings. The van der Waals surface area contributed by atoms with E-state index in [1.54, 1.807) is 0 Å². The van der Waals surface area contributed by atoms with E-state index in [2.05, 4.69) is 140 Å². The van der Waals surface area contributed by atoms with E-state index in [1.807, 2.05) is 67.7 Å². The smallest absolute Gasteiger partial charge is 0.219 e. The fourth-order valence-electron chi connectivity index (χ4n) is 7.33. The van der Waals surface area contributed by atoms with Crippen molar-refractivity contribution < 1.29 is 24.5 Å². The van der Waals surface area contributed by atoms with Gasteiger partial charge in [0.1, 0.15) is 5.82 Å². The minimum absolute atomic E-state index is 0. The molecule has 0 fully saturated rings. The van der Waals surface area contributed by atoms with Crippen LogP contribution < -0.4 is 5.19 Å². The molecule has 8 heteroatoms. The summed E-state index contributed by atoms with van der Waals surface area (Å²) in [7, 11) is -1.37. The van der Waals surface area contributed by atoms with Gasteiger partial charge in [-0.25, -0.2) is 4.98 Å². The van der Waals surface area contributed by atoms with Crippen molar-refractivity contribution in [2.24, 2.45) is 5.41 Å². The van der Waals surface area contributed by atoms with E-state index < -0.39 is 8.07 Å². The Morgan fingerprint density at radius 3 is 2.23 bits per heavy atom. The molecular formula is C49H45IrN5OSi-2. The first-order valence-electron chi connectivity index (χ1n) is 19.1. The van der Waals surface area contributed by atoms with Crippen LogP contribution in [0.5, 0.6) is 0 Å². The van der Waals surface area contributed by atoms with E-state index in [1.165, 1.54) is 10.8 Å². The van der Waals surface area contributed by atoms with Gasteiger partial charge in [-0.3, -0.25) is 4.98 Å². The molecule has 0 saturated heterocycles. The van der Waals surface area contributed by atoms with E-state index >= 15 is 0 Å². The third kappa shape index (κ3) is 8.31. The second-order valence-corrected chi connectivity index (χ2v) is 21.5. The molecule has 1 radical (unpaired) electrons. The molecule has 287 valence electrons. The van der Waals surface area contributed by atoms with Crippen LogP contribution in [0.2, 0.25) is 19.6 Å². The van der Waals surface area contributed by atoms with E-state index in [9.17, 15) is 0 Å². The van der Waals surface area contributed by atoms with Gasteiger partial charge in [-0.2, -0.15) is 4.98 Å². The summed E-state index contributed by atoms with van der Waals surface area (Å²) < 4.78 is 8.49. The molecule has 0 saturated carbocycles. The van der Waals surface area contributed by atoms with E-state index in [0.717, 1.165) is 67.7 Å². The number of hydrogen-bond acceptors (Lipinski definition) is 5. The van der Waals surface area contributed by atoms with Crippen molar-refractivity contribution in [3.05, 3.63) is 157 Å². The predicted molar refractivity (Wildman–Crippen MR) is 233 cm³/mol. The topological polar surface area (TPSA) is 69.6 Å². The minimum Gasteiger partial charge on any atom is -0.486 e. The Morgan fingerprint density at radius 1 is 0.737 bits per heavy atom. The number of benzene rings is 5. The summed E-state index contributed by atoms with van der Waals surface area (Å²) in [5.41, 5.74) is 11.2. The predicted octanol–water partition coefficient (Wildman–Crippen LogP) is 11.8. The third-order valence-electron chi connectivity index (χ3n) is 9.83. The fourth-order valence-corrected chi connectivity index (χ4v) is 8.91. The summed E-state index contributed by atoms with van der Waals surface area (Å²) >= 11 is 0. The molecule has 9 rings (SSSR count). The van der Waals surface area contributed by atoms with Gasteiger partial charge in [-0.15, -0.1) is 54.1 Å². The normalized spacial score (nSPS) is 11.7. The van der Waals surface area contributed by atoms with Crippen LogP contribution in [0, 0.1) is 24.5 Å². The van der Waals surface area contributed by atoms with Crippen LogP contribution in [0.3, 0.4) is 0 Å². The van der Waals surface area contributed by atoms with Crippen LogP contribution in [0.1, 0.15) is 32.2 Å². The number of rotatable bonds is 6. The summed E-state index contributed by atoms with van der Waals surface area (Å²) in [6, 6.07) is 48.0. The molecule has 4 heterocycles. The van der Waals surface area contributed by atoms with Crippen LogP contribution in [0.25, 0.3) is 72.6 Å². The van der Waals surface area contributed by atoms with Crippen LogP contribution in [0.15, 0.2) is 138 Å². The first-order valence-corrected chi connectivity index (χ1v) is 22.6. The van der Waals surface area contributed by atoms with Crippen molar-refractivity contribution >= 4 is 46.4 Å². The first-order chi connectivity index (χ1) is 26.9. The molecule has 57 heavy (non-hydrogen) atoms. The molecule has 0 bridgehead atoms. The third-order valence-corrected chi connectivity index (χ3v) is 11.9. The van der Waals surface area contributed by atoms with E-state index in [0.29, 0.717) is 17.1 Å². The molecule has 0 spiro atoms. The molecule has 0 aliphatic carbocycles. The van der Waals surface area contributed by atoms with Gasteiger partial charge in [0.25, 0.3) is 0 Å². The molecule has 0 unspecified atom stereocenters. The summed E-state index contributed by atoms with van der Waals surface area (Å²) in [6.45, 7) is 15.9. The van der Waals surface area contributed by atoms with Gasteiger partial charge in [0, 0.05) is 49.1 Å². The minimum atomic E-state index is -1.37. The average molecular weight is 940 g/mol. The number of para-hydroxylation sites is 3. The zero-order chi connectivity index (χ0) is 39.0. The van der Waals surface area contributed by atoms with Crippen molar-refractivity contribution in [3.8, 4) is 39.5 Å². The number of furan rings is 1. The molecule has 5 aromatic carbocycles. The summed E-state index contributed by atoms with van der Waals surface area (Å²) in [5, 5.41) is 3.31. The Kier molecular flexibility index (Phi) is 11.2. The van der Waals surface area contributed by atoms with Gasteiger partial charge in [0.15, 0.2) is 0 Å². The van der Waals surface area contributed by atoms with Gasteiger partial charge >= 0.3 is 0 Å². The molecule has 6 nitrogen and oxygen atoms in total. The van der Waals surface area contributed by atoms with Crippen molar-refractivity contribution in [3.63, 3.8) is 0 Å². The molecule has 0 aliphatic heterocycles. The largest absolute Gasteiger partial charge is 0.486 e. The summed E-state index contributed by atoms with van der Waals surface area (Å²) in [4.78, 5) is 18.7. The molecule has 0 N–H and O–H groups in total. The van der Waals surface area contributed by atoms with Gasteiger partial charge in [-0.1, -0.05) is 124 Å². The van der Waals surface area contributed by atoms with Crippen LogP contribution in [-0.4, -0.2) is 32.6 Å². The molecule has 0 amide bonds. The average Bonchev–Trinajstić information content (AvgIpc) is 3.76. The van der Waals surface area contributed by atoms with Gasteiger partial charge < -0.3 is 14.0 Å². The monoisotopic (exact) mass is 940 g/mol. The SMILES string of the molecule is CC(C)(C)Cc1cc(-c2[c-]cccc2)ncc1[Si](C)(C)C.Cc1ncc2c(n1)oc1c(-c3nc4ccccc4n3-c3ccccc3-c3ccccc3)[c-]ccc12.[Ir]. The standard InChI is InChI=1S/C30H19N4O.C19H26NSi.Ir/c1-19-31-18-24-22-13-9-14-23(28(22)35-30(24)32-19)29-33-25-15-6-8-17-27(25)34(29)26-16-7-5-12-21(26)20-10-3-2-4-11-20;1-19(2,3)13-16-12-17(15-10-8-7-9-11-15)20-14-18(16)21(4,5)6;/h2-13,15-18H,1H3;7-10,12,14H,13H2,1-6H3;/q2*-1;. The number of imidazole rings is 1. The zero-order valence-corrected chi connectivity index (χ0v) is 36.8. The maximum absolute atomic E-state index is 6.28. The Hall–Kier alpha value is -5.53. The van der Waals surface area contributed by atoms with Crippen molar-refractivity contribution in [2.45, 2.75) is 53.8 Å². The molecule has 0 atom stereocenters. The fraction of sp³-hybridized carbons (Fsp3) is 0.184. The summed E-state index contributed by atoms with van der Waals surface area (Å²) in [6.07, 6.45) is 5.03. The molecule has 4 aromatic heterocycles. The number of nitrogens with zero attached hydrogens (tertiary/aromatic N) is 5. The molecular weight excluding hydrogens is 895 g/mol. The van der Waals surface area contributed by atoms with Crippen LogP contribution >= 0.6 is 0 Å². The zero-order valence-electron chi connectivity index (χ0n) is 33.4. The maximum atomic E-state index is 6.28. The van der Waals surface area contributed by atoms with Gasteiger partial charge in [-0.05, 0) is 53.4 Å². The van der Waals surface area contributed by atoms with E-state index in [4.69, 9.17) is 14.4 Å². The Labute approximate surface area is 349 Å². The number of pyridine rings is 1. The first kappa shape index (κ1) is 39.7. The number of fused-ring (bicyclic) bond motifs is 4. The van der Waals surface area contributed by atoms with Gasteiger partial charge in [0.2, 0.25) is 5.71 Å². The van der Waals surface area contributed by atoms with E-state index in [-0.39, 0.29) is 25.5 Å². The van der Waals surface area contributed by atoms with Crippen molar-refractivity contribution in [1.82, 2.24) is 24.5 Å². The number of aromatic nitrogens is 5. The van der Waals surface area contributed by atoms with Gasteiger partial charge in [0.05, 0.1) is 30.5 Å². The van der Waals surface area contributed by atoms with Crippen molar-refractivity contribution in [1.29, 1.82) is 0 Å². The number of aryl methyl sites for hydroxylation is 1. The maximum Gasteiger partial charge on any atom is 0.219 e. The Balaban J connectivity index is 0.000000195. The second kappa shape index (κ2) is 16.1. The van der Waals surface area contributed by atoms with Crippen LogP contribution in [-0.2, 0) is 26.5 Å². The van der Waals surface area contributed by atoms with Crippen molar-refractivity contribution in [2.75, 3.05) is 0 Å². The summed E-state index contributed by atoms with van der Waals surface area (Å²) in [5.74, 6) is 1.44. The Morgan fingerprint density at radius 2 is 1.47 bits per heavy atom.